The molecule has 8 heteroatoms. The lowest BCUT2D eigenvalue weighted by Gasteiger charge is -2.26. The van der Waals surface area contributed by atoms with Crippen LogP contribution in [0, 0.1) is 0 Å². The molecule has 0 bridgehead atoms. The molecule has 55 heavy (non-hydrogen) atoms. The van der Waals surface area contributed by atoms with Crippen LogP contribution in [-0.4, -0.2) is 54.9 Å². The average Bonchev–Trinajstić information content (AvgIpc) is 3.68. The smallest absolute Gasteiger partial charge is 0.140 e. The quantitative estimate of drug-likeness (QED) is 0.196. The Labute approximate surface area is 328 Å². The summed E-state index contributed by atoms with van der Waals surface area (Å²) in [5, 5.41) is 13.1. The fourth-order valence-corrected chi connectivity index (χ4v) is 10.8. The monoisotopic (exact) mass is 694 g/mol. The van der Waals surface area contributed by atoms with E-state index in [1.54, 1.807) is 0 Å². The van der Waals surface area contributed by atoms with Crippen molar-refractivity contribution in [3.8, 4) is 33.4 Å². The standard InChI is InChI=1S/C47H37B7O/c1-47(2)31-6-4-3-5-24(31)28-16-17-29-30-19-22(11-18-32(30)55-46(29)38(28)47)23-12-7-20-9-14-26-27(15-10-21-8-13-25(23)33(20)34(21)26)35-36-37(41(50)43(52)39(35)48)42(51)45(54)44(53)40(36)49/h3-19H,48-54H2,1-2H3. The van der Waals surface area contributed by atoms with Crippen LogP contribution in [0.25, 0.3) is 98.4 Å². The molecule has 1 nitrogen and oxygen atoms in total. The molecule has 0 saturated heterocycles. The van der Waals surface area contributed by atoms with Crippen LogP contribution in [0.1, 0.15) is 25.0 Å². The van der Waals surface area contributed by atoms with Gasteiger partial charge in [0.2, 0.25) is 0 Å². The number of furan rings is 1. The average molecular weight is 693 g/mol. The Bertz CT molecular complexity index is 3370. The van der Waals surface area contributed by atoms with Gasteiger partial charge in [-0.1, -0.05) is 121 Å². The maximum absolute atomic E-state index is 6.77. The van der Waals surface area contributed by atoms with Crippen LogP contribution < -0.4 is 38.2 Å². The Balaban J connectivity index is 1.15. The zero-order valence-electron chi connectivity index (χ0n) is 33.2. The van der Waals surface area contributed by atoms with Gasteiger partial charge in [0.05, 0.1) is 0 Å². The van der Waals surface area contributed by atoms with Gasteiger partial charge < -0.3 is 4.42 Å². The lowest BCUT2D eigenvalue weighted by molar-refractivity contribution is 0.620. The van der Waals surface area contributed by atoms with Crippen molar-refractivity contribution in [2.24, 2.45) is 0 Å². The highest BCUT2D eigenvalue weighted by Crippen LogP contribution is 2.53. The second-order valence-electron chi connectivity index (χ2n) is 17.0. The van der Waals surface area contributed by atoms with Crippen molar-refractivity contribution in [3.63, 3.8) is 0 Å². The van der Waals surface area contributed by atoms with Gasteiger partial charge in [-0.25, -0.2) is 0 Å². The zero-order chi connectivity index (χ0) is 37.8. The molecule has 1 aromatic heterocycles. The summed E-state index contributed by atoms with van der Waals surface area (Å²) < 4.78 is 6.77. The molecular weight excluding hydrogens is 656 g/mol. The minimum Gasteiger partial charge on any atom is -0.456 e. The van der Waals surface area contributed by atoms with Gasteiger partial charge in [-0.3, -0.25) is 0 Å². The molecule has 252 valence electrons. The molecule has 1 aliphatic carbocycles. The highest BCUT2D eigenvalue weighted by Gasteiger charge is 2.38. The zero-order valence-corrected chi connectivity index (χ0v) is 33.2. The maximum atomic E-state index is 6.77. The molecule has 1 aliphatic rings. The van der Waals surface area contributed by atoms with Crippen LogP contribution >= 0.6 is 0 Å². The predicted octanol–water partition coefficient (Wildman–Crippen LogP) is 1.09. The summed E-state index contributed by atoms with van der Waals surface area (Å²) >= 11 is 0. The van der Waals surface area contributed by atoms with E-state index in [4.69, 9.17) is 4.42 Å². The minimum absolute atomic E-state index is 0.134. The summed E-state index contributed by atoms with van der Waals surface area (Å²) in [5.74, 6) is 0. The van der Waals surface area contributed by atoms with Crippen molar-refractivity contribution in [1.29, 1.82) is 0 Å². The lowest BCUT2D eigenvalue weighted by atomic mass is 9.58. The molecule has 0 saturated carbocycles. The summed E-state index contributed by atoms with van der Waals surface area (Å²) in [7, 11) is 16.2. The fourth-order valence-electron chi connectivity index (χ4n) is 10.8. The SMILES string of the molecule is Bc1c(B)c(B)c2c(-c3ccc4ccc5c(-c6ccc7oc8c9c(ccc8c7c6)-c6ccccc6C9(C)C)ccc6ccc3c4c65)c(B)c(B)c(B)c2c1B. The Hall–Kier alpha value is -5.47. The van der Waals surface area contributed by atoms with Crippen molar-refractivity contribution in [1.82, 2.24) is 0 Å². The number of fused-ring (bicyclic) bond motifs is 8. The van der Waals surface area contributed by atoms with Gasteiger partial charge in [0.15, 0.2) is 0 Å². The summed E-state index contributed by atoms with van der Waals surface area (Å²) in [6, 6.07) is 39.0. The van der Waals surface area contributed by atoms with Gasteiger partial charge in [-0.15, -0.1) is 16.4 Å². The van der Waals surface area contributed by atoms with Crippen molar-refractivity contribution in [2.45, 2.75) is 19.3 Å². The maximum Gasteiger partial charge on any atom is 0.140 e. The Morgan fingerprint density at radius 1 is 0.436 bits per heavy atom. The first-order chi connectivity index (χ1) is 26.5. The van der Waals surface area contributed by atoms with E-state index < -0.39 is 0 Å². The largest absolute Gasteiger partial charge is 0.456 e. The normalized spacial score (nSPS) is 13.6. The number of rotatable bonds is 2. The summed E-state index contributed by atoms with van der Waals surface area (Å²) in [5.41, 5.74) is 22.0. The first-order valence-electron chi connectivity index (χ1n) is 19.8. The van der Waals surface area contributed by atoms with E-state index in [0.717, 1.165) is 11.2 Å². The second kappa shape index (κ2) is 11.1. The van der Waals surface area contributed by atoms with Crippen molar-refractivity contribution >= 4 is 158 Å². The van der Waals surface area contributed by atoms with Crippen molar-refractivity contribution < 1.29 is 4.42 Å². The molecule has 0 unspecified atom stereocenters. The first-order valence-corrected chi connectivity index (χ1v) is 19.8. The predicted molar refractivity (Wildman–Crippen MR) is 261 cm³/mol. The van der Waals surface area contributed by atoms with E-state index in [2.05, 4.69) is 172 Å². The van der Waals surface area contributed by atoms with Crippen LogP contribution in [-0.2, 0) is 5.41 Å². The Kier molecular flexibility index (Phi) is 6.63. The minimum atomic E-state index is -0.134. The van der Waals surface area contributed by atoms with Crippen molar-refractivity contribution in [3.05, 3.63) is 114 Å². The van der Waals surface area contributed by atoms with E-state index in [0.29, 0.717) is 0 Å². The molecule has 0 amide bonds. The van der Waals surface area contributed by atoms with E-state index in [9.17, 15) is 0 Å². The molecule has 0 radical (unpaired) electrons. The summed E-state index contributed by atoms with van der Waals surface area (Å²) in [6.07, 6.45) is 0. The van der Waals surface area contributed by atoms with E-state index in [1.807, 2.05) is 0 Å². The molecule has 0 atom stereocenters. The van der Waals surface area contributed by atoms with Crippen LogP contribution in [0.4, 0.5) is 0 Å². The Morgan fingerprint density at radius 3 is 1.71 bits per heavy atom. The third-order valence-corrected chi connectivity index (χ3v) is 14.2. The van der Waals surface area contributed by atoms with Crippen LogP contribution in [0.5, 0.6) is 0 Å². The highest BCUT2D eigenvalue weighted by atomic mass is 16.3. The third-order valence-electron chi connectivity index (χ3n) is 14.2. The fraction of sp³-hybridized carbons (Fsp3) is 0.0638. The van der Waals surface area contributed by atoms with Gasteiger partial charge in [-0.05, 0) is 100 Å². The van der Waals surface area contributed by atoms with E-state index in [1.165, 1.54) is 137 Å². The molecule has 9 aromatic carbocycles. The van der Waals surface area contributed by atoms with Gasteiger partial charge in [0.25, 0.3) is 0 Å². The topological polar surface area (TPSA) is 13.1 Å². The molecule has 0 fully saturated rings. The van der Waals surface area contributed by atoms with Crippen LogP contribution in [0.15, 0.2) is 108 Å². The van der Waals surface area contributed by atoms with Crippen LogP contribution in [0.2, 0.25) is 0 Å². The molecule has 10 aromatic rings. The van der Waals surface area contributed by atoms with Gasteiger partial charge >= 0.3 is 0 Å². The molecule has 0 spiro atoms. The highest BCUT2D eigenvalue weighted by molar-refractivity contribution is 6.72. The number of benzene rings is 9. The van der Waals surface area contributed by atoms with Crippen molar-refractivity contribution in [2.75, 3.05) is 0 Å². The Morgan fingerprint density at radius 2 is 1.00 bits per heavy atom. The molecule has 1 heterocycles. The van der Waals surface area contributed by atoms with Gasteiger partial charge in [-0.2, -0.15) is 0 Å². The molecule has 0 N–H and O–H groups in total. The van der Waals surface area contributed by atoms with Gasteiger partial charge in [0.1, 0.15) is 66.1 Å². The van der Waals surface area contributed by atoms with Crippen LogP contribution in [0.3, 0.4) is 0 Å². The second-order valence-corrected chi connectivity index (χ2v) is 17.0. The van der Waals surface area contributed by atoms with E-state index >= 15 is 0 Å². The third kappa shape index (κ3) is 4.13. The molecular formula is C47H37B7O. The molecule has 0 aliphatic heterocycles. The summed E-state index contributed by atoms with van der Waals surface area (Å²) in [6.45, 7) is 4.67. The number of hydrogen-bond acceptors (Lipinski definition) is 1. The first kappa shape index (κ1) is 32.9. The lowest BCUT2D eigenvalue weighted by Crippen LogP contribution is -2.52. The molecule has 11 rings (SSSR count). The van der Waals surface area contributed by atoms with E-state index in [-0.39, 0.29) is 5.41 Å². The van der Waals surface area contributed by atoms with Gasteiger partial charge in [0, 0.05) is 21.8 Å². The summed E-state index contributed by atoms with van der Waals surface area (Å²) in [4.78, 5) is 0. The number of hydrogen-bond donors (Lipinski definition) is 0.